The summed E-state index contributed by atoms with van der Waals surface area (Å²) in [5.74, 6) is 0.198. The molecule has 1 aromatic carbocycles. The van der Waals surface area contributed by atoms with Gasteiger partial charge >= 0.3 is 7.05 Å². The fourth-order valence-electron chi connectivity index (χ4n) is 5.73. The Balaban J connectivity index is 1.52. The number of halogens is 1. The van der Waals surface area contributed by atoms with Crippen molar-refractivity contribution in [1.29, 1.82) is 0 Å². The molecule has 1 amide bonds. The lowest BCUT2D eigenvalue weighted by atomic mass is 9.80. The minimum absolute atomic E-state index is 0.0620. The van der Waals surface area contributed by atoms with Crippen molar-refractivity contribution in [1.82, 2.24) is 14.6 Å². The first kappa shape index (κ1) is 26.7. The molecule has 2 aliphatic heterocycles. The van der Waals surface area contributed by atoms with Gasteiger partial charge in [-0.05, 0) is 67.5 Å². The maximum Gasteiger partial charge on any atom is 0.376 e. The van der Waals surface area contributed by atoms with Crippen molar-refractivity contribution >= 4 is 13.0 Å². The molecule has 1 N–H and O–H groups in total. The number of piperazine rings is 1. The van der Waals surface area contributed by atoms with Gasteiger partial charge in [-0.2, -0.15) is 4.39 Å². The summed E-state index contributed by atoms with van der Waals surface area (Å²) >= 11 is 0. The first-order chi connectivity index (χ1) is 17.1. The minimum Gasteiger partial charge on any atom is -0.437 e. The lowest BCUT2D eigenvalue weighted by molar-refractivity contribution is -0.141. The predicted molar refractivity (Wildman–Crippen MR) is 143 cm³/mol. The SMILES string of the molecule is CB(O)N1CCC(CC(=O)N2CCN(C(C3=C=C=C(F)C=C3)c3ccccc3)C[C@@H]2C(C)(C)C)CC1. The molecule has 2 saturated heterocycles. The molecular weight excluding hydrogens is 452 g/mol. The van der Waals surface area contributed by atoms with Crippen LogP contribution in [0.4, 0.5) is 4.39 Å². The zero-order chi connectivity index (χ0) is 25.9. The van der Waals surface area contributed by atoms with Gasteiger partial charge in [0.2, 0.25) is 5.91 Å². The fourth-order valence-corrected chi connectivity index (χ4v) is 5.73. The number of piperidine rings is 1. The molecule has 2 heterocycles. The molecule has 36 heavy (non-hydrogen) atoms. The summed E-state index contributed by atoms with van der Waals surface area (Å²) in [6, 6.07) is 10.2. The lowest BCUT2D eigenvalue weighted by Crippen LogP contribution is -2.60. The van der Waals surface area contributed by atoms with Gasteiger partial charge in [0.25, 0.3) is 0 Å². The van der Waals surface area contributed by atoms with Crippen LogP contribution in [0.5, 0.6) is 0 Å². The molecule has 0 bridgehead atoms. The number of benzene rings is 1. The van der Waals surface area contributed by atoms with Crippen LogP contribution in [0.15, 0.2) is 65.3 Å². The Bertz CT molecular complexity index is 1060. The zero-order valence-corrected chi connectivity index (χ0v) is 22.1. The number of hydrogen-bond donors (Lipinski definition) is 1. The van der Waals surface area contributed by atoms with Crippen molar-refractivity contribution < 1.29 is 14.2 Å². The van der Waals surface area contributed by atoms with E-state index in [1.165, 1.54) is 6.08 Å². The first-order valence-electron chi connectivity index (χ1n) is 13.2. The summed E-state index contributed by atoms with van der Waals surface area (Å²) in [7, 11) is -0.423. The quantitative estimate of drug-likeness (QED) is 0.467. The third-order valence-electron chi connectivity index (χ3n) is 7.88. The highest BCUT2D eigenvalue weighted by Gasteiger charge is 2.41. The normalized spacial score (nSPS) is 22.8. The molecule has 0 spiro atoms. The van der Waals surface area contributed by atoms with E-state index < -0.39 is 12.9 Å². The van der Waals surface area contributed by atoms with Gasteiger partial charge in [0.1, 0.15) is 0 Å². The van der Waals surface area contributed by atoms with Gasteiger partial charge in [0, 0.05) is 37.7 Å². The van der Waals surface area contributed by atoms with Crippen molar-refractivity contribution in [2.75, 3.05) is 32.7 Å². The van der Waals surface area contributed by atoms with E-state index in [1.807, 2.05) is 25.0 Å². The van der Waals surface area contributed by atoms with E-state index >= 15 is 0 Å². The van der Waals surface area contributed by atoms with Crippen LogP contribution in [0.3, 0.4) is 0 Å². The molecule has 192 valence electrons. The average Bonchev–Trinajstić information content (AvgIpc) is 2.86. The monoisotopic (exact) mass is 491 g/mol. The highest BCUT2D eigenvalue weighted by atomic mass is 19.1. The highest BCUT2D eigenvalue weighted by molar-refractivity contribution is 6.45. The molecule has 0 saturated carbocycles. The smallest absolute Gasteiger partial charge is 0.376 e. The lowest BCUT2D eigenvalue weighted by Gasteiger charge is -2.49. The molecule has 5 nitrogen and oxygen atoms in total. The predicted octanol–water partition coefficient (Wildman–Crippen LogP) is 4.60. The van der Waals surface area contributed by atoms with Gasteiger partial charge in [-0.15, -0.1) is 0 Å². The van der Waals surface area contributed by atoms with E-state index in [0.717, 1.165) is 50.2 Å². The molecule has 2 fully saturated rings. The van der Waals surface area contributed by atoms with Crippen LogP contribution in [0.25, 0.3) is 0 Å². The molecule has 0 aromatic heterocycles. The van der Waals surface area contributed by atoms with Crippen molar-refractivity contribution in [2.45, 2.75) is 58.9 Å². The number of allylic oxidation sites excluding steroid dienone is 2. The van der Waals surface area contributed by atoms with Crippen molar-refractivity contribution in [3.8, 4) is 0 Å². The van der Waals surface area contributed by atoms with Crippen molar-refractivity contribution in [3.63, 3.8) is 0 Å². The second kappa shape index (κ2) is 11.3. The van der Waals surface area contributed by atoms with Gasteiger partial charge < -0.3 is 14.7 Å². The maximum atomic E-state index is 13.6. The van der Waals surface area contributed by atoms with Crippen molar-refractivity contribution in [3.05, 3.63) is 70.9 Å². The average molecular weight is 491 g/mol. The summed E-state index contributed by atoms with van der Waals surface area (Å²) < 4.78 is 13.6. The summed E-state index contributed by atoms with van der Waals surface area (Å²) in [6.45, 7) is 12.3. The van der Waals surface area contributed by atoms with E-state index in [0.29, 0.717) is 18.9 Å². The van der Waals surface area contributed by atoms with Crippen LogP contribution in [0.2, 0.25) is 6.82 Å². The molecule has 4 rings (SSSR count). The van der Waals surface area contributed by atoms with Gasteiger partial charge in [-0.25, -0.2) is 0 Å². The molecule has 3 aliphatic rings. The first-order valence-corrected chi connectivity index (χ1v) is 13.2. The Morgan fingerprint density at radius 1 is 1.11 bits per heavy atom. The fraction of sp³-hybridized carbons (Fsp3) is 0.552. The highest BCUT2D eigenvalue weighted by Crippen LogP contribution is 2.36. The summed E-state index contributed by atoms with van der Waals surface area (Å²) in [5, 5.41) is 9.84. The Kier molecular flexibility index (Phi) is 8.39. The number of nitrogens with zero attached hydrogens (tertiary/aromatic N) is 3. The number of amides is 1. The Labute approximate surface area is 215 Å². The van der Waals surface area contributed by atoms with Gasteiger partial charge in [0.05, 0.1) is 6.04 Å². The van der Waals surface area contributed by atoms with Crippen molar-refractivity contribution in [2.24, 2.45) is 11.3 Å². The summed E-state index contributed by atoms with van der Waals surface area (Å²) in [6.07, 6.45) is 5.72. The van der Waals surface area contributed by atoms with E-state index in [9.17, 15) is 14.2 Å². The molecule has 1 unspecified atom stereocenters. The molecule has 7 heteroatoms. The molecular formula is C29H39BFN3O2. The summed E-state index contributed by atoms with van der Waals surface area (Å²) in [5.41, 5.74) is 7.58. The number of hydrogen-bond acceptors (Lipinski definition) is 4. The van der Waals surface area contributed by atoms with Crippen LogP contribution in [0.1, 0.15) is 51.6 Å². The minimum atomic E-state index is -0.423. The Morgan fingerprint density at radius 3 is 2.39 bits per heavy atom. The Morgan fingerprint density at radius 2 is 1.81 bits per heavy atom. The second-order valence-corrected chi connectivity index (χ2v) is 11.5. The molecule has 2 atom stereocenters. The number of carbonyl (C=O) groups excluding carboxylic acids is 1. The number of carbonyl (C=O) groups is 1. The van der Waals surface area contributed by atoms with Crippen LogP contribution in [-0.4, -0.2) is 71.4 Å². The van der Waals surface area contributed by atoms with Gasteiger partial charge in [0.15, 0.2) is 5.83 Å². The van der Waals surface area contributed by atoms with Crippen LogP contribution in [-0.2, 0) is 4.79 Å². The maximum absolute atomic E-state index is 13.6. The van der Waals surface area contributed by atoms with E-state index in [-0.39, 0.29) is 23.4 Å². The third-order valence-corrected chi connectivity index (χ3v) is 7.88. The van der Waals surface area contributed by atoms with Crippen LogP contribution >= 0.6 is 0 Å². The van der Waals surface area contributed by atoms with E-state index in [2.05, 4.69) is 59.0 Å². The molecule has 1 aromatic rings. The van der Waals surface area contributed by atoms with Crippen LogP contribution < -0.4 is 0 Å². The second-order valence-electron chi connectivity index (χ2n) is 11.5. The zero-order valence-electron chi connectivity index (χ0n) is 22.1. The van der Waals surface area contributed by atoms with Gasteiger partial charge in [-0.1, -0.05) is 56.8 Å². The van der Waals surface area contributed by atoms with Gasteiger partial charge in [-0.3, -0.25) is 9.69 Å². The standard InChI is InChI=1S/C29H39BFN3O2/c1-29(2,3)26-21-32(28(23-8-6-5-7-9-23)24-10-12-25(31)13-11-24)18-19-34(26)27(35)20-22-14-16-33(17-15-22)30(4)36/h5-10,12,22,26,28,36H,14-21H2,1-4H3/t26-,28?/m1/s1. The van der Waals surface area contributed by atoms with Crippen LogP contribution in [0, 0.1) is 11.3 Å². The third kappa shape index (κ3) is 6.29. The van der Waals surface area contributed by atoms with E-state index in [1.54, 1.807) is 6.08 Å². The topological polar surface area (TPSA) is 47.0 Å². The number of rotatable bonds is 6. The van der Waals surface area contributed by atoms with E-state index in [4.69, 9.17) is 0 Å². The summed E-state index contributed by atoms with van der Waals surface area (Å²) in [4.78, 5) is 20.2. The molecule has 1 aliphatic carbocycles. The molecule has 0 radical (unpaired) electrons. The largest absolute Gasteiger partial charge is 0.437 e. The Hall–Kier alpha value is -2.40.